The van der Waals surface area contributed by atoms with Crippen molar-refractivity contribution >= 4 is 23.3 Å². The smallest absolute Gasteiger partial charge is 0.321 e. The first kappa shape index (κ1) is 20.9. The van der Waals surface area contributed by atoms with E-state index in [2.05, 4.69) is 27.3 Å². The number of benzene rings is 2. The molecule has 0 aliphatic heterocycles. The quantitative estimate of drug-likeness (QED) is 0.519. The zero-order valence-corrected chi connectivity index (χ0v) is 18.4. The summed E-state index contributed by atoms with van der Waals surface area (Å²) in [4.78, 5) is 24.3. The molecule has 0 atom stereocenters. The lowest BCUT2D eigenvalue weighted by atomic mass is 9.53. The van der Waals surface area contributed by atoms with Crippen molar-refractivity contribution in [2.24, 2.45) is 17.8 Å². The Morgan fingerprint density at radius 2 is 1.41 bits per heavy atom. The Morgan fingerprint density at radius 1 is 0.812 bits per heavy atom. The van der Waals surface area contributed by atoms with Crippen LogP contribution < -0.4 is 21.3 Å². The molecule has 0 aromatic heterocycles. The minimum absolute atomic E-state index is 0.0400. The summed E-state index contributed by atoms with van der Waals surface area (Å²) >= 11 is 0. The van der Waals surface area contributed by atoms with Crippen LogP contribution in [0.5, 0.6) is 0 Å². The van der Waals surface area contributed by atoms with Crippen molar-refractivity contribution < 1.29 is 9.59 Å². The first-order valence-corrected chi connectivity index (χ1v) is 11.8. The van der Waals surface area contributed by atoms with Gasteiger partial charge in [-0.3, -0.25) is 10.1 Å². The number of hydrogen-bond acceptors (Lipinski definition) is 4. The van der Waals surface area contributed by atoms with Crippen LogP contribution in [0.4, 0.5) is 16.2 Å². The molecular weight excluding hydrogens is 400 g/mol. The second-order valence-electron chi connectivity index (χ2n) is 9.94. The summed E-state index contributed by atoms with van der Waals surface area (Å²) in [5.41, 5.74) is 3.14. The number of hydrogen-bond donors (Lipinski definition) is 4. The van der Waals surface area contributed by atoms with Crippen LogP contribution >= 0.6 is 0 Å². The van der Waals surface area contributed by atoms with Crippen molar-refractivity contribution in [3.05, 3.63) is 60.2 Å². The van der Waals surface area contributed by atoms with E-state index in [1.54, 1.807) is 0 Å². The molecule has 0 saturated heterocycles. The van der Waals surface area contributed by atoms with Crippen LogP contribution in [0.15, 0.2) is 54.6 Å². The average molecular weight is 433 g/mol. The number of urea groups is 1. The zero-order chi connectivity index (χ0) is 22.0. The Morgan fingerprint density at radius 3 is 2.06 bits per heavy atom. The first-order chi connectivity index (χ1) is 15.6. The number of nitrogens with one attached hydrogen (secondary N) is 4. The summed E-state index contributed by atoms with van der Waals surface area (Å²) in [6.07, 6.45) is 8.01. The summed E-state index contributed by atoms with van der Waals surface area (Å²) in [5, 5.41) is 12.2. The standard InChI is InChI=1S/C26H32N4O2/c31-24(29-25(32)28-16-18-6-2-1-3-7-18)17-27-22-8-4-5-9-23(22)30-26-13-19-10-20(14-26)12-21(11-19)15-26/h1-9,19-21,27,30H,10-17H2,(H2,28,29,31,32). The van der Waals surface area contributed by atoms with Crippen LogP contribution in [-0.2, 0) is 11.3 Å². The molecule has 168 valence electrons. The second-order valence-corrected chi connectivity index (χ2v) is 9.94. The molecule has 4 N–H and O–H groups in total. The number of imide groups is 1. The summed E-state index contributed by atoms with van der Waals surface area (Å²) in [5.74, 6) is 2.25. The van der Waals surface area contributed by atoms with Crippen molar-refractivity contribution in [3.8, 4) is 0 Å². The highest BCUT2D eigenvalue weighted by atomic mass is 16.2. The fourth-order valence-electron chi connectivity index (χ4n) is 6.46. The van der Waals surface area contributed by atoms with E-state index in [-0.39, 0.29) is 18.0 Å². The fraction of sp³-hybridized carbons (Fsp3) is 0.462. The number of para-hydroxylation sites is 2. The van der Waals surface area contributed by atoms with Crippen LogP contribution in [0.25, 0.3) is 0 Å². The highest BCUT2D eigenvalue weighted by molar-refractivity contribution is 5.96. The summed E-state index contributed by atoms with van der Waals surface area (Å²) < 4.78 is 0. The van der Waals surface area contributed by atoms with E-state index in [4.69, 9.17) is 0 Å². The van der Waals surface area contributed by atoms with Gasteiger partial charge in [-0.2, -0.15) is 0 Å². The molecule has 2 aromatic carbocycles. The van der Waals surface area contributed by atoms with Crippen molar-refractivity contribution in [3.63, 3.8) is 0 Å². The third kappa shape index (κ3) is 4.74. The van der Waals surface area contributed by atoms with Gasteiger partial charge in [-0.15, -0.1) is 0 Å². The second kappa shape index (κ2) is 8.85. The molecular formula is C26H32N4O2. The van der Waals surface area contributed by atoms with Crippen LogP contribution in [0, 0.1) is 17.8 Å². The highest BCUT2D eigenvalue weighted by Gasteiger charge is 2.51. The van der Waals surface area contributed by atoms with E-state index in [9.17, 15) is 9.59 Å². The minimum Gasteiger partial charge on any atom is -0.378 e. The van der Waals surface area contributed by atoms with Gasteiger partial charge in [-0.1, -0.05) is 42.5 Å². The molecule has 4 fully saturated rings. The summed E-state index contributed by atoms with van der Waals surface area (Å²) in [7, 11) is 0. The van der Waals surface area contributed by atoms with Crippen LogP contribution in [0.2, 0.25) is 0 Å². The van der Waals surface area contributed by atoms with Gasteiger partial charge in [0.2, 0.25) is 5.91 Å². The van der Waals surface area contributed by atoms with E-state index < -0.39 is 6.03 Å². The van der Waals surface area contributed by atoms with Crippen LogP contribution in [0.3, 0.4) is 0 Å². The highest BCUT2D eigenvalue weighted by Crippen LogP contribution is 2.56. The van der Waals surface area contributed by atoms with Gasteiger partial charge in [-0.05, 0) is 74.0 Å². The predicted octanol–water partition coefficient (Wildman–Crippen LogP) is 4.51. The van der Waals surface area contributed by atoms with Gasteiger partial charge in [-0.25, -0.2) is 4.79 Å². The molecule has 0 radical (unpaired) electrons. The molecule has 6 rings (SSSR count). The maximum absolute atomic E-state index is 12.3. The molecule has 4 aliphatic rings. The average Bonchev–Trinajstić information content (AvgIpc) is 2.77. The van der Waals surface area contributed by atoms with Gasteiger partial charge in [0, 0.05) is 12.1 Å². The first-order valence-electron chi connectivity index (χ1n) is 11.8. The molecule has 6 nitrogen and oxygen atoms in total. The van der Waals surface area contributed by atoms with Gasteiger partial charge in [0.15, 0.2) is 0 Å². The number of carbonyl (C=O) groups excluding carboxylic acids is 2. The van der Waals surface area contributed by atoms with Gasteiger partial charge < -0.3 is 16.0 Å². The van der Waals surface area contributed by atoms with Gasteiger partial charge >= 0.3 is 6.03 Å². The fourth-order valence-corrected chi connectivity index (χ4v) is 6.46. The SMILES string of the molecule is O=C(CNc1ccccc1NC12CC3CC(CC(C3)C1)C2)NC(=O)NCc1ccccc1. The molecule has 0 heterocycles. The lowest BCUT2D eigenvalue weighted by Gasteiger charge is -2.57. The van der Waals surface area contributed by atoms with Gasteiger partial charge in [0.1, 0.15) is 0 Å². The monoisotopic (exact) mass is 432 g/mol. The third-order valence-corrected chi connectivity index (χ3v) is 7.35. The molecule has 3 amide bonds. The topological polar surface area (TPSA) is 82.3 Å². The predicted molar refractivity (Wildman–Crippen MR) is 126 cm³/mol. The Kier molecular flexibility index (Phi) is 5.77. The van der Waals surface area contributed by atoms with E-state index in [1.807, 2.05) is 48.5 Å². The Hall–Kier alpha value is -3.02. The lowest BCUT2D eigenvalue weighted by molar-refractivity contribution is -0.118. The molecule has 2 aromatic rings. The normalized spacial score (nSPS) is 27.6. The largest absolute Gasteiger partial charge is 0.378 e. The molecule has 0 unspecified atom stereocenters. The van der Waals surface area contributed by atoms with Gasteiger partial charge in [0.05, 0.1) is 17.9 Å². The van der Waals surface area contributed by atoms with E-state index in [0.29, 0.717) is 6.54 Å². The molecule has 4 saturated carbocycles. The lowest BCUT2D eigenvalue weighted by Crippen LogP contribution is -2.54. The number of amides is 3. The van der Waals surface area contributed by atoms with Crippen molar-refractivity contribution in [1.29, 1.82) is 0 Å². The molecule has 0 spiro atoms. The molecule has 4 aliphatic carbocycles. The van der Waals surface area contributed by atoms with Crippen molar-refractivity contribution in [2.45, 2.75) is 50.6 Å². The third-order valence-electron chi connectivity index (χ3n) is 7.35. The maximum Gasteiger partial charge on any atom is 0.321 e. The Balaban J connectivity index is 1.14. The zero-order valence-electron chi connectivity index (χ0n) is 18.4. The minimum atomic E-state index is -0.486. The van der Waals surface area contributed by atoms with Crippen molar-refractivity contribution in [2.75, 3.05) is 17.2 Å². The summed E-state index contributed by atoms with van der Waals surface area (Å²) in [6.45, 7) is 0.420. The van der Waals surface area contributed by atoms with E-state index in [0.717, 1.165) is 34.7 Å². The molecule has 32 heavy (non-hydrogen) atoms. The number of rotatable bonds is 7. The number of anilines is 2. The molecule has 6 heteroatoms. The van der Waals surface area contributed by atoms with Crippen LogP contribution in [-0.4, -0.2) is 24.0 Å². The van der Waals surface area contributed by atoms with Crippen molar-refractivity contribution in [1.82, 2.24) is 10.6 Å². The van der Waals surface area contributed by atoms with Crippen LogP contribution in [0.1, 0.15) is 44.1 Å². The van der Waals surface area contributed by atoms with E-state index >= 15 is 0 Å². The summed E-state index contributed by atoms with van der Waals surface area (Å²) in [6, 6.07) is 17.2. The number of carbonyl (C=O) groups is 2. The Labute approximate surface area is 189 Å². The Bertz CT molecular complexity index is 940. The molecule has 4 bridgehead atoms. The maximum atomic E-state index is 12.3. The van der Waals surface area contributed by atoms with Gasteiger partial charge in [0.25, 0.3) is 0 Å². The van der Waals surface area contributed by atoms with E-state index in [1.165, 1.54) is 38.5 Å².